The summed E-state index contributed by atoms with van der Waals surface area (Å²) in [6.07, 6.45) is 4.96. The lowest BCUT2D eigenvalue weighted by Crippen LogP contribution is -2.07. The number of carbonyl (C=O) groups excluding carboxylic acids is 1. The van der Waals surface area contributed by atoms with Crippen LogP contribution in [-0.4, -0.2) is 27.3 Å². The number of aryl methyl sites for hydroxylation is 2. The van der Waals surface area contributed by atoms with Gasteiger partial charge in [-0.15, -0.1) is 0 Å². The van der Waals surface area contributed by atoms with Crippen molar-refractivity contribution in [1.29, 1.82) is 0 Å². The third kappa shape index (κ3) is 3.57. The van der Waals surface area contributed by atoms with E-state index in [2.05, 4.69) is 17.0 Å². The fourth-order valence-electron chi connectivity index (χ4n) is 3.27. The minimum absolute atomic E-state index is 0.232. The number of pyridine rings is 1. The summed E-state index contributed by atoms with van der Waals surface area (Å²) in [5.74, 6) is -0.387. The molecule has 0 bridgehead atoms. The molecule has 6 heteroatoms. The molecule has 2 aromatic carbocycles. The average Bonchev–Trinajstić information content (AvgIpc) is 3.15. The lowest BCUT2D eigenvalue weighted by molar-refractivity contribution is -0.137. The van der Waals surface area contributed by atoms with Gasteiger partial charge in [0.1, 0.15) is 0 Å². The molecule has 0 aliphatic heterocycles. The molecule has 0 radical (unpaired) electrons. The van der Waals surface area contributed by atoms with Gasteiger partial charge in [0, 0.05) is 28.6 Å². The lowest BCUT2D eigenvalue weighted by atomic mass is 10.1. The Labute approximate surface area is 167 Å². The zero-order valence-electron chi connectivity index (χ0n) is 16.5. The Kier molecular flexibility index (Phi) is 4.76. The van der Waals surface area contributed by atoms with Crippen LogP contribution in [0.25, 0.3) is 33.6 Å². The first-order valence-electron chi connectivity index (χ1n) is 9.44. The van der Waals surface area contributed by atoms with Crippen molar-refractivity contribution in [2.45, 2.75) is 20.8 Å². The van der Waals surface area contributed by atoms with Crippen molar-refractivity contribution < 1.29 is 9.53 Å². The molecule has 0 saturated carbocycles. The Morgan fingerprint density at radius 2 is 1.97 bits per heavy atom. The van der Waals surface area contributed by atoms with Crippen molar-refractivity contribution in [3.8, 4) is 5.69 Å². The number of rotatable bonds is 4. The molecule has 2 heterocycles. The second kappa shape index (κ2) is 7.39. The number of H-pyrrole nitrogens is 1. The Morgan fingerprint density at radius 1 is 1.14 bits per heavy atom. The smallest absolute Gasteiger partial charge is 0.330 e. The molecule has 0 atom stereocenters. The van der Waals surface area contributed by atoms with E-state index in [1.807, 2.05) is 49.5 Å². The summed E-state index contributed by atoms with van der Waals surface area (Å²) in [6, 6.07) is 11.7. The number of ether oxygens (including phenoxy) is 1. The number of aromatic nitrogens is 3. The standard InChI is InChI=1S/C23H21N3O3/c1-4-29-21(27)10-7-16-6-9-20-18(12-16)19-13-26(25-22(19)23(28)24-20)17-8-5-14(2)15(3)11-17/h5-13H,4H2,1-3H3,(H,24,28)/b10-7+. The van der Waals surface area contributed by atoms with Gasteiger partial charge in [-0.25, -0.2) is 9.48 Å². The number of esters is 1. The van der Waals surface area contributed by atoms with E-state index in [1.54, 1.807) is 17.7 Å². The first-order valence-corrected chi connectivity index (χ1v) is 9.44. The van der Waals surface area contributed by atoms with Gasteiger partial charge in [-0.1, -0.05) is 12.1 Å². The molecule has 0 aliphatic rings. The van der Waals surface area contributed by atoms with E-state index in [0.717, 1.165) is 33.1 Å². The summed E-state index contributed by atoms with van der Waals surface area (Å²) >= 11 is 0. The molecular formula is C23H21N3O3. The highest BCUT2D eigenvalue weighted by atomic mass is 16.5. The molecule has 0 unspecified atom stereocenters. The maximum absolute atomic E-state index is 12.5. The zero-order valence-corrected chi connectivity index (χ0v) is 16.5. The van der Waals surface area contributed by atoms with Crippen LogP contribution in [0.4, 0.5) is 0 Å². The van der Waals surface area contributed by atoms with Gasteiger partial charge in [0.25, 0.3) is 5.56 Å². The van der Waals surface area contributed by atoms with E-state index >= 15 is 0 Å². The Hall–Kier alpha value is -3.67. The van der Waals surface area contributed by atoms with Crippen molar-refractivity contribution in [1.82, 2.24) is 14.8 Å². The minimum atomic E-state index is -0.387. The Bertz CT molecular complexity index is 1330. The molecule has 146 valence electrons. The number of nitrogens with one attached hydrogen (secondary N) is 1. The number of hydrogen-bond acceptors (Lipinski definition) is 4. The predicted molar refractivity (Wildman–Crippen MR) is 114 cm³/mol. The second-order valence-corrected chi connectivity index (χ2v) is 6.95. The topological polar surface area (TPSA) is 77.0 Å². The number of fused-ring (bicyclic) bond motifs is 3. The fourth-order valence-corrected chi connectivity index (χ4v) is 3.27. The van der Waals surface area contributed by atoms with E-state index in [1.165, 1.54) is 11.6 Å². The fraction of sp³-hybridized carbons (Fsp3) is 0.174. The second-order valence-electron chi connectivity index (χ2n) is 6.95. The minimum Gasteiger partial charge on any atom is -0.463 e. The largest absolute Gasteiger partial charge is 0.463 e. The number of aromatic amines is 1. The summed E-state index contributed by atoms with van der Waals surface area (Å²) < 4.78 is 6.65. The first-order chi connectivity index (χ1) is 14.0. The molecule has 6 nitrogen and oxygen atoms in total. The third-order valence-electron chi connectivity index (χ3n) is 4.96. The molecule has 0 fully saturated rings. The van der Waals surface area contributed by atoms with E-state index in [9.17, 15) is 9.59 Å². The van der Waals surface area contributed by atoms with Crippen molar-refractivity contribution in [2.24, 2.45) is 0 Å². The Morgan fingerprint density at radius 3 is 2.72 bits per heavy atom. The molecule has 0 saturated heterocycles. The van der Waals surface area contributed by atoms with Crippen molar-refractivity contribution in [2.75, 3.05) is 6.61 Å². The lowest BCUT2D eigenvalue weighted by Gasteiger charge is -2.04. The van der Waals surface area contributed by atoms with Crippen molar-refractivity contribution >= 4 is 33.9 Å². The van der Waals surface area contributed by atoms with E-state index in [-0.39, 0.29) is 11.5 Å². The van der Waals surface area contributed by atoms with Crippen LogP contribution in [0.2, 0.25) is 0 Å². The number of hydrogen-bond donors (Lipinski definition) is 1. The summed E-state index contributed by atoms with van der Waals surface area (Å²) in [7, 11) is 0. The van der Waals surface area contributed by atoms with Crippen LogP contribution in [-0.2, 0) is 9.53 Å². The molecule has 4 rings (SSSR count). The highest BCUT2D eigenvalue weighted by molar-refractivity contribution is 6.04. The van der Waals surface area contributed by atoms with Gasteiger partial charge < -0.3 is 9.72 Å². The third-order valence-corrected chi connectivity index (χ3v) is 4.96. The summed E-state index contributed by atoms with van der Waals surface area (Å²) in [4.78, 5) is 27.0. The molecule has 4 aromatic rings. The predicted octanol–water partition coefficient (Wildman–Crippen LogP) is 4.06. The van der Waals surface area contributed by atoms with E-state index < -0.39 is 0 Å². The maximum Gasteiger partial charge on any atom is 0.330 e. The SMILES string of the molecule is CCOC(=O)/C=C/c1ccc2[nH]c(=O)c3nn(-c4ccc(C)c(C)c4)cc3c2c1. The number of carbonyl (C=O) groups is 1. The van der Waals surface area contributed by atoms with Gasteiger partial charge in [-0.05, 0) is 67.8 Å². The molecule has 0 amide bonds. The molecule has 2 aromatic heterocycles. The molecule has 0 aliphatic carbocycles. The van der Waals surface area contributed by atoms with E-state index in [0.29, 0.717) is 12.1 Å². The zero-order chi connectivity index (χ0) is 20.5. The van der Waals surface area contributed by atoms with Crippen LogP contribution in [0, 0.1) is 13.8 Å². The molecular weight excluding hydrogens is 366 g/mol. The average molecular weight is 387 g/mol. The van der Waals surface area contributed by atoms with Gasteiger partial charge in [0.2, 0.25) is 0 Å². The number of benzene rings is 2. The van der Waals surface area contributed by atoms with Crippen LogP contribution in [0.15, 0.2) is 53.5 Å². The van der Waals surface area contributed by atoms with Crippen LogP contribution >= 0.6 is 0 Å². The monoisotopic (exact) mass is 387 g/mol. The maximum atomic E-state index is 12.5. The molecule has 0 spiro atoms. The van der Waals surface area contributed by atoms with E-state index in [4.69, 9.17) is 4.74 Å². The van der Waals surface area contributed by atoms with Gasteiger partial charge >= 0.3 is 5.97 Å². The molecule has 29 heavy (non-hydrogen) atoms. The van der Waals surface area contributed by atoms with Crippen molar-refractivity contribution in [3.05, 3.63) is 75.7 Å². The van der Waals surface area contributed by atoms with Gasteiger partial charge in [0.05, 0.1) is 12.3 Å². The highest BCUT2D eigenvalue weighted by Crippen LogP contribution is 2.24. The van der Waals surface area contributed by atoms with Crippen LogP contribution in [0.5, 0.6) is 0 Å². The number of nitrogens with zero attached hydrogens (tertiary/aromatic N) is 2. The first kappa shape index (κ1) is 18.7. The molecule has 1 N–H and O–H groups in total. The van der Waals surface area contributed by atoms with Gasteiger partial charge in [-0.2, -0.15) is 5.10 Å². The Balaban J connectivity index is 1.85. The summed E-state index contributed by atoms with van der Waals surface area (Å²) in [5.41, 5.74) is 4.95. The van der Waals surface area contributed by atoms with Crippen LogP contribution in [0.1, 0.15) is 23.6 Å². The summed E-state index contributed by atoms with van der Waals surface area (Å²) in [6.45, 7) is 6.21. The summed E-state index contributed by atoms with van der Waals surface area (Å²) in [5, 5.41) is 6.13. The van der Waals surface area contributed by atoms with Gasteiger partial charge in [0.15, 0.2) is 5.52 Å². The van der Waals surface area contributed by atoms with Gasteiger partial charge in [-0.3, -0.25) is 4.79 Å². The highest BCUT2D eigenvalue weighted by Gasteiger charge is 2.11. The van der Waals surface area contributed by atoms with Crippen LogP contribution < -0.4 is 5.56 Å². The van der Waals surface area contributed by atoms with Crippen molar-refractivity contribution in [3.63, 3.8) is 0 Å². The van der Waals surface area contributed by atoms with Crippen LogP contribution in [0.3, 0.4) is 0 Å². The quantitative estimate of drug-likeness (QED) is 0.423. The normalized spacial score (nSPS) is 11.6.